The van der Waals surface area contributed by atoms with Crippen LogP contribution in [-0.2, 0) is 11.2 Å². The van der Waals surface area contributed by atoms with E-state index in [-0.39, 0.29) is 0 Å². The second kappa shape index (κ2) is 9.74. The molecule has 0 radical (unpaired) electrons. The number of ketones is 1. The molecule has 0 saturated carbocycles. The molecule has 1 rings (SSSR count). The highest BCUT2D eigenvalue weighted by atomic mass is 16.1. The minimum atomic E-state index is 0.396. The van der Waals surface area contributed by atoms with Gasteiger partial charge in [-0.2, -0.15) is 0 Å². The lowest BCUT2D eigenvalue weighted by Gasteiger charge is -2.06. The quantitative estimate of drug-likeness (QED) is 0.511. The van der Waals surface area contributed by atoms with Crippen LogP contribution in [0.5, 0.6) is 0 Å². The largest absolute Gasteiger partial charge is 0.299 e. The van der Waals surface area contributed by atoms with Crippen LogP contribution < -0.4 is 0 Å². The smallest absolute Gasteiger partial charge is 0.137 e. The van der Waals surface area contributed by atoms with E-state index < -0.39 is 0 Å². The maximum atomic E-state index is 12.0. The van der Waals surface area contributed by atoms with Gasteiger partial charge in [-0.25, -0.2) is 0 Å². The van der Waals surface area contributed by atoms with Gasteiger partial charge in [-0.1, -0.05) is 69.2 Å². The van der Waals surface area contributed by atoms with E-state index in [2.05, 4.69) is 39.0 Å². The van der Waals surface area contributed by atoms with Gasteiger partial charge in [0, 0.05) is 12.8 Å². The third-order valence-electron chi connectivity index (χ3n) is 3.95. The number of benzene rings is 1. The summed E-state index contributed by atoms with van der Waals surface area (Å²) in [4.78, 5) is 12.0. The number of unbranched alkanes of at least 4 members (excludes halogenated alkanes) is 6. The fourth-order valence-electron chi connectivity index (χ4n) is 2.57. The molecular formula is C19H30O. The molecule has 1 heteroatoms. The average molecular weight is 274 g/mol. The van der Waals surface area contributed by atoms with Crippen molar-refractivity contribution in [3.05, 3.63) is 34.9 Å². The predicted octanol–water partition coefficient (Wildman–Crippen LogP) is 5.56. The van der Waals surface area contributed by atoms with Crippen molar-refractivity contribution in [2.75, 3.05) is 0 Å². The molecular weight excluding hydrogens is 244 g/mol. The van der Waals surface area contributed by atoms with Crippen LogP contribution in [-0.4, -0.2) is 5.78 Å². The minimum absolute atomic E-state index is 0.396. The summed E-state index contributed by atoms with van der Waals surface area (Å²) in [6, 6.07) is 6.38. The van der Waals surface area contributed by atoms with Gasteiger partial charge in [0.05, 0.1) is 0 Å². The first-order chi connectivity index (χ1) is 9.63. The summed E-state index contributed by atoms with van der Waals surface area (Å²) in [6.45, 7) is 6.42. The van der Waals surface area contributed by atoms with Gasteiger partial charge in [0.1, 0.15) is 5.78 Å². The summed E-state index contributed by atoms with van der Waals surface area (Å²) >= 11 is 0. The van der Waals surface area contributed by atoms with Gasteiger partial charge in [-0.05, 0) is 31.4 Å². The van der Waals surface area contributed by atoms with Crippen molar-refractivity contribution in [1.82, 2.24) is 0 Å². The maximum Gasteiger partial charge on any atom is 0.137 e. The van der Waals surface area contributed by atoms with Gasteiger partial charge in [0.2, 0.25) is 0 Å². The van der Waals surface area contributed by atoms with Crippen LogP contribution in [0.4, 0.5) is 0 Å². The van der Waals surface area contributed by atoms with E-state index in [1.807, 2.05) is 0 Å². The molecule has 0 aliphatic rings. The SMILES string of the molecule is CCCCCCCCCC(=O)Cc1cc(C)ccc1C. The van der Waals surface area contributed by atoms with Crippen LogP contribution in [0.3, 0.4) is 0 Å². The minimum Gasteiger partial charge on any atom is -0.299 e. The molecule has 112 valence electrons. The molecule has 0 spiro atoms. The first kappa shape index (κ1) is 16.9. The molecule has 0 N–H and O–H groups in total. The Morgan fingerprint density at radius 1 is 0.950 bits per heavy atom. The number of Topliss-reactive ketones (excluding diaryl/α,β-unsaturated/α-hetero) is 1. The van der Waals surface area contributed by atoms with Crippen molar-refractivity contribution in [2.24, 2.45) is 0 Å². The Kier molecular flexibility index (Phi) is 8.25. The molecule has 1 aromatic carbocycles. The van der Waals surface area contributed by atoms with E-state index in [1.54, 1.807) is 0 Å². The lowest BCUT2D eigenvalue weighted by atomic mass is 9.98. The zero-order chi connectivity index (χ0) is 14.8. The van der Waals surface area contributed by atoms with Crippen LogP contribution in [0.2, 0.25) is 0 Å². The van der Waals surface area contributed by atoms with E-state index in [0.717, 1.165) is 12.8 Å². The van der Waals surface area contributed by atoms with Crippen LogP contribution in [0.25, 0.3) is 0 Å². The summed E-state index contributed by atoms with van der Waals surface area (Å²) in [5.41, 5.74) is 3.69. The normalized spacial score (nSPS) is 10.8. The monoisotopic (exact) mass is 274 g/mol. The molecule has 0 unspecified atom stereocenters. The van der Waals surface area contributed by atoms with Gasteiger partial charge < -0.3 is 0 Å². The summed E-state index contributed by atoms with van der Waals surface area (Å²) < 4.78 is 0. The van der Waals surface area contributed by atoms with Gasteiger partial charge in [-0.3, -0.25) is 4.79 Å². The predicted molar refractivity (Wildman–Crippen MR) is 87.2 cm³/mol. The van der Waals surface area contributed by atoms with Crippen LogP contribution in [0.15, 0.2) is 18.2 Å². The molecule has 0 heterocycles. The highest BCUT2D eigenvalue weighted by Gasteiger charge is 2.06. The highest BCUT2D eigenvalue weighted by Crippen LogP contribution is 2.14. The maximum absolute atomic E-state index is 12.0. The number of hydrogen-bond acceptors (Lipinski definition) is 1. The van der Waals surface area contributed by atoms with Crippen molar-refractivity contribution in [2.45, 2.75) is 78.6 Å². The first-order valence-corrected chi connectivity index (χ1v) is 8.21. The molecule has 20 heavy (non-hydrogen) atoms. The summed E-state index contributed by atoms with van der Waals surface area (Å²) in [5, 5.41) is 0. The number of carbonyl (C=O) groups is 1. The van der Waals surface area contributed by atoms with Gasteiger partial charge in [-0.15, -0.1) is 0 Å². The Hall–Kier alpha value is -1.11. The molecule has 0 aromatic heterocycles. The van der Waals surface area contributed by atoms with Crippen molar-refractivity contribution >= 4 is 5.78 Å². The third kappa shape index (κ3) is 6.88. The highest BCUT2D eigenvalue weighted by molar-refractivity contribution is 5.81. The molecule has 0 bridgehead atoms. The fraction of sp³-hybridized carbons (Fsp3) is 0.632. The molecule has 0 atom stereocenters. The van der Waals surface area contributed by atoms with E-state index in [0.29, 0.717) is 12.2 Å². The Labute approximate surface area is 124 Å². The van der Waals surface area contributed by atoms with Crippen molar-refractivity contribution in [3.63, 3.8) is 0 Å². The Bertz CT molecular complexity index is 406. The van der Waals surface area contributed by atoms with Gasteiger partial charge in [0.25, 0.3) is 0 Å². The van der Waals surface area contributed by atoms with Crippen molar-refractivity contribution < 1.29 is 4.79 Å². The zero-order valence-electron chi connectivity index (χ0n) is 13.5. The molecule has 1 nitrogen and oxygen atoms in total. The van der Waals surface area contributed by atoms with E-state index in [4.69, 9.17) is 0 Å². The van der Waals surface area contributed by atoms with Gasteiger partial charge >= 0.3 is 0 Å². The average Bonchev–Trinajstić information content (AvgIpc) is 2.42. The summed E-state index contributed by atoms with van der Waals surface area (Å²) in [5.74, 6) is 0.396. The van der Waals surface area contributed by atoms with E-state index >= 15 is 0 Å². The number of hydrogen-bond donors (Lipinski definition) is 0. The van der Waals surface area contributed by atoms with Crippen LogP contribution in [0.1, 0.15) is 75.0 Å². The first-order valence-electron chi connectivity index (χ1n) is 8.21. The second-order valence-corrected chi connectivity index (χ2v) is 6.02. The zero-order valence-corrected chi connectivity index (χ0v) is 13.5. The Balaban J connectivity index is 2.19. The third-order valence-corrected chi connectivity index (χ3v) is 3.95. The number of rotatable bonds is 10. The van der Waals surface area contributed by atoms with Crippen molar-refractivity contribution in [3.8, 4) is 0 Å². The van der Waals surface area contributed by atoms with Crippen LogP contribution in [0, 0.1) is 13.8 Å². The molecule has 0 aliphatic carbocycles. The number of carbonyl (C=O) groups excluding carboxylic acids is 1. The summed E-state index contributed by atoms with van der Waals surface area (Å²) in [7, 11) is 0. The second-order valence-electron chi connectivity index (χ2n) is 6.02. The lowest BCUT2D eigenvalue weighted by molar-refractivity contribution is -0.118. The van der Waals surface area contributed by atoms with Crippen molar-refractivity contribution in [1.29, 1.82) is 0 Å². The topological polar surface area (TPSA) is 17.1 Å². The summed E-state index contributed by atoms with van der Waals surface area (Å²) in [6.07, 6.45) is 10.3. The fourth-order valence-corrected chi connectivity index (χ4v) is 2.57. The number of aryl methyl sites for hydroxylation is 2. The Morgan fingerprint density at radius 2 is 1.60 bits per heavy atom. The molecule has 0 saturated heterocycles. The molecule has 0 aliphatic heterocycles. The molecule has 1 aromatic rings. The molecule has 0 fully saturated rings. The van der Waals surface area contributed by atoms with Crippen LogP contribution >= 0.6 is 0 Å². The standard InChI is InChI=1S/C19H30O/c1-4-5-6-7-8-9-10-11-19(20)15-18-14-16(2)12-13-17(18)3/h12-14H,4-11,15H2,1-3H3. The van der Waals surface area contributed by atoms with E-state index in [1.165, 1.54) is 55.2 Å². The van der Waals surface area contributed by atoms with Gasteiger partial charge in [0.15, 0.2) is 0 Å². The Morgan fingerprint density at radius 3 is 2.30 bits per heavy atom. The van der Waals surface area contributed by atoms with E-state index in [9.17, 15) is 4.79 Å². The molecule has 0 amide bonds. The lowest BCUT2D eigenvalue weighted by Crippen LogP contribution is -2.04.